The first-order valence-corrected chi connectivity index (χ1v) is 9.79. The van der Waals surface area contributed by atoms with Gasteiger partial charge in [-0.3, -0.25) is 4.79 Å². The molecule has 0 aliphatic rings. The second kappa shape index (κ2) is 10.3. The normalized spacial score (nSPS) is 10.6. The predicted octanol–water partition coefficient (Wildman–Crippen LogP) is 4.35. The van der Waals surface area contributed by atoms with Crippen LogP contribution in [-0.2, 0) is 4.74 Å². The number of anilines is 2. The average molecular weight is 390 g/mol. The number of nitrogens with one attached hydrogen (secondary N) is 2. The van der Waals surface area contributed by atoms with Crippen LogP contribution >= 0.6 is 0 Å². The van der Waals surface area contributed by atoms with Crippen molar-refractivity contribution in [3.63, 3.8) is 0 Å². The fourth-order valence-corrected chi connectivity index (χ4v) is 2.86. The number of benzene rings is 2. The highest BCUT2D eigenvalue weighted by Crippen LogP contribution is 2.20. The molecule has 150 valence electrons. The van der Waals surface area contributed by atoms with Crippen LogP contribution in [0.25, 0.3) is 11.4 Å². The van der Waals surface area contributed by atoms with Crippen LogP contribution in [0.4, 0.5) is 11.5 Å². The molecule has 0 saturated heterocycles. The highest BCUT2D eigenvalue weighted by atomic mass is 16.5. The highest BCUT2D eigenvalue weighted by molar-refractivity contribution is 5.95. The zero-order chi connectivity index (χ0) is 20.5. The molecule has 1 amide bonds. The summed E-state index contributed by atoms with van der Waals surface area (Å²) in [5.74, 6) is 1.22. The summed E-state index contributed by atoms with van der Waals surface area (Å²) in [6.07, 6.45) is 2.52. The van der Waals surface area contributed by atoms with Gasteiger partial charge in [-0.2, -0.15) is 0 Å². The molecule has 2 N–H and O–H groups in total. The number of aromatic nitrogens is 2. The summed E-state index contributed by atoms with van der Waals surface area (Å²) in [6.45, 7) is 5.92. The highest BCUT2D eigenvalue weighted by Gasteiger charge is 2.07. The smallest absolute Gasteiger partial charge is 0.251 e. The Balaban J connectivity index is 1.66. The number of amides is 1. The van der Waals surface area contributed by atoms with E-state index in [4.69, 9.17) is 4.74 Å². The Bertz CT molecular complexity index is 959. The van der Waals surface area contributed by atoms with Gasteiger partial charge in [0.15, 0.2) is 5.82 Å². The number of carbonyl (C=O) groups excluding carboxylic acids is 1. The van der Waals surface area contributed by atoms with E-state index in [0.29, 0.717) is 37.0 Å². The molecule has 0 spiro atoms. The molecule has 6 nitrogen and oxygen atoms in total. The lowest BCUT2D eigenvalue weighted by Crippen LogP contribution is -2.25. The summed E-state index contributed by atoms with van der Waals surface area (Å²) in [5.41, 5.74) is 3.51. The molecule has 0 saturated carbocycles. The number of rotatable bonds is 9. The lowest BCUT2D eigenvalue weighted by atomic mass is 10.1. The number of aryl methyl sites for hydroxylation is 1. The van der Waals surface area contributed by atoms with Crippen LogP contribution in [0.2, 0.25) is 0 Å². The van der Waals surface area contributed by atoms with Gasteiger partial charge in [0.25, 0.3) is 5.91 Å². The monoisotopic (exact) mass is 390 g/mol. The molecular formula is C23H26N4O2. The van der Waals surface area contributed by atoms with Gasteiger partial charge < -0.3 is 15.4 Å². The quantitative estimate of drug-likeness (QED) is 0.531. The van der Waals surface area contributed by atoms with E-state index in [1.54, 1.807) is 18.3 Å². The average Bonchev–Trinajstić information content (AvgIpc) is 2.74. The molecule has 0 radical (unpaired) electrons. The molecule has 0 aliphatic heterocycles. The minimum atomic E-state index is -0.103. The Kier molecular flexibility index (Phi) is 7.30. The van der Waals surface area contributed by atoms with Crippen molar-refractivity contribution in [2.45, 2.75) is 20.3 Å². The third-order valence-corrected chi connectivity index (χ3v) is 4.28. The van der Waals surface area contributed by atoms with Crippen molar-refractivity contribution in [2.24, 2.45) is 0 Å². The Labute approximate surface area is 171 Å². The molecular weight excluding hydrogens is 364 g/mol. The molecule has 3 aromatic rings. The van der Waals surface area contributed by atoms with Gasteiger partial charge in [-0.1, -0.05) is 29.8 Å². The Morgan fingerprint density at radius 3 is 2.79 bits per heavy atom. The fraction of sp³-hybridized carbons (Fsp3) is 0.261. The first kappa shape index (κ1) is 20.5. The van der Waals surface area contributed by atoms with Crippen LogP contribution in [0.5, 0.6) is 0 Å². The fourth-order valence-electron chi connectivity index (χ4n) is 2.86. The molecule has 0 atom stereocenters. The molecule has 2 aromatic carbocycles. The molecule has 0 fully saturated rings. The van der Waals surface area contributed by atoms with Crippen molar-refractivity contribution >= 4 is 17.4 Å². The molecule has 0 aliphatic carbocycles. The maximum Gasteiger partial charge on any atom is 0.251 e. The first-order chi connectivity index (χ1) is 14.2. The summed E-state index contributed by atoms with van der Waals surface area (Å²) in [6, 6.07) is 17.2. The van der Waals surface area contributed by atoms with Gasteiger partial charge in [-0.05, 0) is 50.6 Å². The van der Waals surface area contributed by atoms with Gasteiger partial charge in [-0.15, -0.1) is 0 Å². The van der Waals surface area contributed by atoms with Crippen LogP contribution < -0.4 is 10.6 Å². The SMILES string of the molecule is CCOCCCNC(=O)c1cccc(Nc2ccnc(-c3cccc(C)c3)n2)c1. The van der Waals surface area contributed by atoms with E-state index < -0.39 is 0 Å². The van der Waals surface area contributed by atoms with Crippen molar-refractivity contribution in [1.82, 2.24) is 15.3 Å². The molecule has 1 heterocycles. The van der Waals surface area contributed by atoms with Crippen LogP contribution in [-0.4, -0.2) is 35.6 Å². The lowest BCUT2D eigenvalue weighted by Gasteiger charge is -2.10. The maximum atomic E-state index is 12.3. The van der Waals surface area contributed by atoms with E-state index in [2.05, 4.69) is 26.7 Å². The van der Waals surface area contributed by atoms with E-state index >= 15 is 0 Å². The van der Waals surface area contributed by atoms with Crippen LogP contribution in [0.15, 0.2) is 60.8 Å². The number of nitrogens with zero attached hydrogens (tertiary/aromatic N) is 2. The summed E-state index contributed by atoms with van der Waals surface area (Å²) in [7, 11) is 0. The molecule has 0 unspecified atom stereocenters. The van der Waals surface area contributed by atoms with Crippen molar-refractivity contribution in [3.05, 3.63) is 71.9 Å². The topological polar surface area (TPSA) is 76.1 Å². The van der Waals surface area contributed by atoms with Gasteiger partial charge in [0.05, 0.1) is 0 Å². The molecule has 0 bridgehead atoms. The number of hydrogen-bond acceptors (Lipinski definition) is 5. The van der Waals surface area contributed by atoms with Crippen molar-refractivity contribution < 1.29 is 9.53 Å². The predicted molar refractivity (Wildman–Crippen MR) is 115 cm³/mol. The largest absolute Gasteiger partial charge is 0.382 e. The molecule has 1 aromatic heterocycles. The molecule has 3 rings (SSSR count). The summed E-state index contributed by atoms with van der Waals surface area (Å²) in [4.78, 5) is 21.3. The standard InChI is InChI=1S/C23H26N4O2/c1-3-29-14-6-12-25-23(28)19-9-5-10-20(16-19)26-21-11-13-24-22(27-21)18-8-4-7-17(2)15-18/h4-5,7-11,13,15-16H,3,6,12,14H2,1-2H3,(H,25,28)(H,24,26,27). The maximum absolute atomic E-state index is 12.3. The second-order valence-electron chi connectivity index (χ2n) is 6.65. The molecule has 29 heavy (non-hydrogen) atoms. The van der Waals surface area contributed by atoms with E-state index in [1.165, 1.54) is 0 Å². The summed E-state index contributed by atoms with van der Waals surface area (Å²) >= 11 is 0. The molecule has 6 heteroatoms. The van der Waals surface area contributed by atoms with Gasteiger partial charge >= 0.3 is 0 Å². The van der Waals surface area contributed by atoms with E-state index in [0.717, 1.165) is 23.2 Å². The Morgan fingerprint density at radius 2 is 1.97 bits per heavy atom. The second-order valence-corrected chi connectivity index (χ2v) is 6.65. The third-order valence-electron chi connectivity index (χ3n) is 4.28. The van der Waals surface area contributed by atoms with Crippen molar-refractivity contribution in [2.75, 3.05) is 25.1 Å². The number of ether oxygens (including phenoxy) is 1. The van der Waals surface area contributed by atoms with E-state index in [9.17, 15) is 4.79 Å². The minimum Gasteiger partial charge on any atom is -0.382 e. The summed E-state index contributed by atoms with van der Waals surface area (Å²) in [5, 5.41) is 6.17. The van der Waals surface area contributed by atoms with E-state index in [-0.39, 0.29) is 5.91 Å². The van der Waals surface area contributed by atoms with Crippen LogP contribution in [0.1, 0.15) is 29.3 Å². The van der Waals surface area contributed by atoms with Gasteiger partial charge in [0.2, 0.25) is 0 Å². The minimum absolute atomic E-state index is 0.103. The number of hydrogen-bond donors (Lipinski definition) is 2. The Morgan fingerprint density at radius 1 is 1.10 bits per heavy atom. The number of carbonyl (C=O) groups is 1. The van der Waals surface area contributed by atoms with E-state index in [1.807, 2.05) is 50.2 Å². The van der Waals surface area contributed by atoms with Crippen LogP contribution in [0.3, 0.4) is 0 Å². The van der Waals surface area contributed by atoms with Gasteiger partial charge in [0, 0.05) is 42.8 Å². The van der Waals surface area contributed by atoms with Gasteiger partial charge in [-0.25, -0.2) is 9.97 Å². The third kappa shape index (κ3) is 6.12. The van der Waals surface area contributed by atoms with Crippen LogP contribution in [0, 0.1) is 6.92 Å². The zero-order valence-corrected chi connectivity index (χ0v) is 16.8. The first-order valence-electron chi connectivity index (χ1n) is 9.79. The zero-order valence-electron chi connectivity index (χ0n) is 16.8. The lowest BCUT2D eigenvalue weighted by molar-refractivity contribution is 0.0944. The summed E-state index contributed by atoms with van der Waals surface area (Å²) < 4.78 is 5.28. The van der Waals surface area contributed by atoms with Crippen molar-refractivity contribution in [1.29, 1.82) is 0 Å². The van der Waals surface area contributed by atoms with Crippen molar-refractivity contribution in [3.8, 4) is 11.4 Å². The Hall–Kier alpha value is -3.25. The van der Waals surface area contributed by atoms with Gasteiger partial charge in [0.1, 0.15) is 5.82 Å².